The second-order valence-electron chi connectivity index (χ2n) is 2.88. The van der Waals surface area contributed by atoms with Gasteiger partial charge in [0.25, 0.3) is 0 Å². The normalized spacial score (nSPS) is 12.9. The van der Waals surface area contributed by atoms with Crippen LogP contribution in [0.1, 0.15) is 5.56 Å². The maximum Gasteiger partial charge on any atom is 0.126 e. The van der Waals surface area contributed by atoms with E-state index < -0.39 is 17.7 Å². The Balaban J connectivity index is 2.81. The Morgan fingerprint density at radius 1 is 1.38 bits per heavy atom. The van der Waals surface area contributed by atoms with Crippen LogP contribution >= 0.6 is 0 Å². The summed E-state index contributed by atoms with van der Waals surface area (Å²) >= 11 is 0. The van der Waals surface area contributed by atoms with Gasteiger partial charge in [-0.1, -0.05) is 0 Å². The zero-order valence-corrected chi connectivity index (χ0v) is 7.00. The summed E-state index contributed by atoms with van der Waals surface area (Å²) in [4.78, 5) is 0. The molecule has 2 nitrogen and oxygen atoms in total. The molecule has 0 radical (unpaired) electrons. The Hall–Kier alpha value is -1.00. The minimum atomic E-state index is -0.545. The number of hydrogen-bond acceptors (Lipinski definition) is 2. The molecule has 0 spiro atoms. The Bertz CT molecular complexity index is 291. The summed E-state index contributed by atoms with van der Waals surface area (Å²) in [7, 11) is 0. The molecule has 0 aliphatic rings. The van der Waals surface area contributed by atoms with Crippen LogP contribution in [-0.2, 0) is 6.42 Å². The van der Waals surface area contributed by atoms with Crippen LogP contribution < -0.4 is 5.73 Å². The molecule has 13 heavy (non-hydrogen) atoms. The average molecular weight is 187 g/mol. The number of hydrogen-bond donors (Lipinski definition) is 2. The van der Waals surface area contributed by atoms with Crippen molar-refractivity contribution in [1.29, 1.82) is 0 Å². The van der Waals surface area contributed by atoms with Crippen LogP contribution in [0.3, 0.4) is 0 Å². The summed E-state index contributed by atoms with van der Waals surface area (Å²) < 4.78 is 25.6. The van der Waals surface area contributed by atoms with Crippen LogP contribution in [0.2, 0.25) is 0 Å². The first kappa shape index (κ1) is 10.1. The van der Waals surface area contributed by atoms with E-state index in [0.29, 0.717) is 0 Å². The first-order chi connectivity index (χ1) is 6.13. The van der Waals surface area contributed by atoms with E-state index in [4.69, 9.17) is 10.8 Å². The van der Waals surface area contributed by atoms with Crippen LogP contribution in [-0.4, -0.2) is 17.8 Å². The fourth-order valence-corrected chi connectivity index (χ4v) is 1.05. The first-order valence-corrected chi connectivity index (χ1v) is 3.94. The van der Waals surface area contributed by atoms with Crippen molar-refractivity contribution in [1.82, 2.24) is 0 Å². The van der Waals surface area contributed by atoms with Crippen LogP contribution in [0.4, 0.5) is 8.78 Å². The van der Waals surface area contributed by atoms with E-state index >= 15 is 0 Å². The summed E-state index contributed by atoms with van der Waals surface area (Å²) in [6, 6.07) is 2.64. The molecule has 0 aliphatic carbocycles. The summed E-state index contributed by atoms with van der Waals surface area (Å²) in [6.45, 7) is -0.240. The van der Waals surface area contributed by atoms with Crippen molar-refractivity contribution in [3.63, 3.8) is 0 Å². The van der Waals surface area contributed by atoms with Crippen molar-refractivity contribution in [3.8, 4) is 0 Å². The highest BCUT2D eigenvalue weighted by atomic mass is 19.1. The molecule has 1 aromatic rings. The topological polar surface area (TPSA) is 46.2 Å². The second-order valence-corrected chi connectivity index (χ2v) is 2.88. The molecule has 0 saturated carbocycles. The number of nitrogens with two attached hydrogens (primary N) is 1. The predicted molar refractivity (Wildman–Crippen MR) is 45.1 cm³/mol. The first-order valence-electron chi connectivity index (χ1n) is 3.94. The van der Waals surface area contributed by atoms with Gasteiger partial charge in [-0.2, -0.15) is 0 Å². The highest BCUT2D eigenvalue weighted by Crippen LogP contribution is 2.11. The minimum absolute atomic E-state index is 0.139. The average Bonchev–Trinajstić information content (AvgIpc) is 2.11. The van der Waals surface area contributed by atoms with Crippen molar-refractivity contribution >= 4 is 0 Å². The van der Waals surface area contributed by atoms with Gasteiger partial charge in [0.05, 0.1) is 6.61 Å². The summed E-state index contributed by atoms with van der Waals surface area (Å²) in [5.41, 5.74) is 5.58. The molecule has 0 bridgehead atoms. The monoisotopic (exact) mass is 187 g/mol. The lowest BCUT2D eigenvalue weighted by Gasteiger charge is -2.08. The van der Waals surface area contributed by atoms with E-state index in [1.54, 1.807) is 0 Å². The molecular formula is C9H11F2NO. The van der Waals surface area contributed by atoms with Gasteiger partial charge in [0.15, 0.2) is 0 Å². The third kappa shape index (κ3) is 2.75. The third-order valence-corrected chi connectivity index (χ3v) is 1.72. The lowest BCUT2D eigenvalue weighted by molar-refractivity contribution is 0.264. The Morgan fingerprint density at radius 2 is 2.08 bits per heavy atom. The van der Waals surface area contributed by atoms with Crippen LogP contribution in [0.15, 0.2) is 18.2 Å². The Kier molecular flexibility index (Phi) is 3.33. The largest absolute Gasteiger partial charge is 0.395 e. The maximum atomic E-state index is 13.0. The van der Waals surface area contributed by atoms with Gasteiger partial charge in [-0.15, -0.1) is 0 Å². The smallest absolute Gasteiger partial charge is 0.126 e. The molecule has 0 aromatic heterocycles. The number of aliphatic hydroxyl groups excluding tert-OH is 1. The number of aliphatic hydroxyl groups is 1. The molecule has 0 heterocycles. The fourth-order valence-electron chi connectivity index (χ4n) is 1.05. The lowest BCUT2D eigenvalue weighted by atomic mass is 10.1. The van der Waals surface area contributed by atoms with E-state index in [9.17, 15) is 8.78 Å². The molecule has 1 unspecified atom stereocenters. The molecule has 1 atom stereocenters. The quantitative estimate of drug-likeness (QED) is 0.736. The van der Waals surface area contributed by atoms with Gasteiger partial charge in [0.1, 0.15) is 11.6 Å². The SMILES string of the molecule is NC(CO)Cc1cc(F)ccc1F. The van der Waals surface area contributed by atoms with E-state index in [2.05, 4.69) is 0 Å². The van der Waals surface area contributed by atoms with E-state index in [-0.39, 0.29) is 18.6 Å². The van der Waals surface area contributed by atoms with Gasteiger partial charge in [0, 0.05) is 6.04 Å². The van der Waals surface area contributed by atoms with E-state index in [1.165, 1.54) is 0 Å². The minimum Gasteiger partial charge on any atom is -0.395 e. The Labute approximate surface area is 75.0 Å². The molecule has 72 valence electrons. The molecule has 1 rings (SSSR count). The summed E-state index contributed by atoms with van der Waals surface area (Å²) in [5, 5.41) is 8.62. The zero-order valence-electron chi connectivity index (χ0n) is 7.00. The zero-order chi connectivity index (χ0) is 9.84. The fraction of sp³-hybridized carbons (Fsp3) is 0.333. The summed E-state index contributed by atoms with van der Waals surface area (Å²) in [6.07, 6.45) is 0.139. The van der Waals surface area contributed by atoms with Gasteiger partial charge < -0.3 is 10.8 Å². The number of rotatable bonds is 3. The highest BCUT2D eigenvalue weighted by molar-refractivity contribution is 5.19. The second kappa shape index (κ2) is 4.30. The van der Waals surface area contributed by atoms with Gasteiger partial charge in [-0.3, -0.25) is 0 Å². The van der Waals surface area contributed by atoms with Gasteiger partial charge in [0.2, 0.25) is 0 Å². The maximum absolute atomic E-state index is 13.0. The number of halogens is 2. The van der Waals surface area contributed by atoms with E-state index in [0.717, 1.165) is 18.2 Å². The molecular weight excluding hydrogens is 176 g/mol. The van der Waals surface area contributed by atoms with Crippen LogP contribution in [0.5, 0.6) is 0 Å². The molecule has 0 saturated heterocycles. The van der Waals surface area contributed by atoms with Gasteiger partial charge >= 0.3 is 0 Å². The highest BCUT2D eigenvalue weighted by Gasteiger charge is 2.08. The van der Waals surface area contributed by atoms with Crippen LogP contribution in [0, 0.1) is 11.6 Å². The van der Waals surface area contributed by atoms with Crippen molar-refractivity contribution < 1.29 is 13.9 Å². The van der Waals surface area contributed by atoms with Crippen molar-refractivity contribution in [2.24, 2.45) is 5.73 Å². The van der Waals surface area contributed by atoms with E-state index in [1.807, 2.05) is 0 Å². The standard InChI is InChI=1S/C9H11F2NO/c10-7-1-2-9(11)6(3-7)4-8(12)5-13/h1-3,8,13H,4-5,12H2. The Morgan fingerprint density at radius 3 is 2.69 bits per heavy atom. The van der Waals surface area contributed by atoms with Crippen LogP contribution in [0.25, 0.3) is 0 Å². The molecule has 0 amide bonds. The van der Waals surface area contributed by atoms with Gasteiger partial charge in [-0.05, 0) is 30.2 Å². The third-order valence-electron chi connectivity index (χ3n) is 1.72. The predicted octanol–water partition coefficient (Wildman–Crippen LogP) is 0.827. The lowest BCUT2D eigenvalue weighted by Crippen LogP contribution is -2.27. The molecule has 0 fully saturated rings. The molecule has 3 N–H and O–H groups in total. The van der Waals surface area contributed by atoms with Crippen molar-refractivity contribution in [2.45, 2.75) is 12.5 Å². The molecule has 4 heteroatoms. The van der Waals surface area contributed by atoms with Crippen molar-refractivity contribution in [3.05, 3.63) is 35.4 Å². The molecule has 0 aliphatic heterocycles. The summed E-state index contributed by atoms with van der Waals surface area (Å²) in [5.74, 6) is -0.994. The number of benzene rings is 1. The van der Waals surface area contributed by atoms with Gasteiger partial charge in [-0.25, -0.2) is 8.78 Å². The molecule has 1 aromatic carbocycles. The van der Waals surface area contributed by atoms with Crippen molar-refractivity contribution in [2.75, 3.05) is 6.61 Å².